The zero-order chi connectivity index (χ0) is 8.55. The number of carboxylic acid groups (broad SMARTS) is 1. The maximum atomic E-state index is 10.8. The second-order valence-corrected chi connectivity index (χ2v) is 4.18. The van der Waals surface area contributed by atoms with Crippen LogP contribution in [0.4, 0.5) is 0 Å². The van der Waals surface area contributed by atoms with E-state index < -0.39 is 5.97 Å². The highest BCUT2D eigenvalue weighted by molar-refractivity contribution is 5.74. The fourth-order valence-corrected chi connectivity index (χ4v) is 2.71. The highest BCUT2D eigenvalue weighted by atomic mass is 16.4. The van der Waals surface area contributed by atoms with Gasteiger partial charge in [0.15, 0.2) is 0 Å². The van der Waals surface area contributed by atoms with Gasteiger partial charge in [-0.15, -0.1) is 0 Å². The van der Waals surface area contributed by atoms with Gasteiger partial charge >= 0.3 is 5.97 Å². The number of hydrogen-bond acceptors (Lipinski definition) is 1. The average molecular weight is 168 g/mol. The molecule has 2 aliphatic carbocycles. The van der Waals surface area contributed by atoms with Crippen LogP contribution in [0.5, 0.6) is 0 Å². The summed E-state index contributed by atoms with van der Waals surface area (Å²) in [7, 11) is 0. The summed E-state index contributed by atoms with van der Waals surface area (Å²) in [6.07, 6.45) is 7.48. The van der Waals surface area contributed by atoms with E-state index in [1.54, 1.807) is 0 Å². The van der Waals surface area contributed by atoms with Crippen LogP contribution in [0.25, 0.3) is 0 Å². The highest BCUT2D eigenvalue weighted by Gasteiger charge is 2.53. The molecule has 0 heterocycles. The van der Waals surface area contributed by atoms with Crippen molar-refractivity contribution in [2.75, 3.05) is 0 Å². The molecule has 2 rings (SSSR count). The smallest absolute Gasteiger partial charge is 0.307 e. The Kier molecular flexibility index (Phi) is 2.07. The summed E-state index contributed by atoms with van der Waals surface area (Å²) in [6.45, 7) is 0. The summed E-state index contributed by atoms with van der Waals surface area (Å²) in [6, 6.07) is 0. The van der Waals surface area contributed by atoms with Gasteiger partial charge in [0.05, 0.1) is 5.92 Å². The normalized spacial score (nSPS) is 40.8. The Bertz CT molecular complexity index is 174. The van der Waals surface area contributed by atoms with E-state index in [2.05, 4.69) is 0 Å². The molecule has 0 saturated heterocycles. The molecule has 2 saturated carbocycles. The van der Waals surface area contributed by atoms with E-state index >= 15 is 0 Å². The lowest BCUT2D eigenvalue weighted by atomic mass is 10.0. The molecule has 2 nitrogen and oxygen atoms in total. The SMILES string of the molecule is O=C(O)C1[C@H]2CCCCCC[C@@H]12. The van der Waals surface area contributed by atoms with Gasteiger partial charge in [0, 0.05) is 0 Å². The lowest BCUT2D eigenvalue weighted by Gasteiger charge is -2.04. The minimum atomic E-state index is -0.549. The van der Waals surface area contributed by atoms with Crippen molar-refractivity contribution >= 4 is 5.97 Å². The van der Waals surface area contributed by atoms with Gasteiger partial charge in [0.25, 0.3) is 0 Å². The molecule has 0 spiro atoms. The molecular formula is C10H16O2. The molecule has 0 aromatic heterocycles. The molecule has 0 aromatic rings. The van der Waals surface area contributed by atoms with Crippen molar-refractivity contribution in [2.45, 2.75) is 38.5 Å². The summed E-state index contributed by atoms with van der Waals surface area (Å²) >= 11 is 0. The first-order valence-electron chi connectivity index (χ1n) is 5.03. The van der Waals surface area contributed by atoms with Crippen molar-refractivity contribution in [1.29, 1.82) is 0 Å². The number of fused-ring (bicyclic) bond motifs is 1. The average Bonchev–Trinajstić information content (AvgIpc) is 2.60. The predicted octanol–water partition coefficient (Wildman–Crippen LogP) is 2.29. The van der Waals surface area contributed by atoms with E-state index in [-0.39, 0.29) is 5.92 Å². The standard InChI is InChI=1S/C10H16O2/c11-10(12)9-7-5-3-1-2-4-6-8(7)9/h7-9H,1-6H2,(H,11,12)/t7-,8+,9?. The Labute approximate surface area is 73.0 Å². The number of aliphatic carboxylic acids is 1. The van der Waals surface area contributed by atoms with Crippen LogP contribution < -0.4 is 0 Å². The second kappa shape index (κ2) is 3.08. The second-order valence-electron chi connectivity index (χ2n) is 4.18. The molecule has 1 N–H and O–H groups in total. The number of carbonyl (C=O) groups is 1. The third-order valence-electron chi connectivity index (χ3n) is 3.44. The van der Waals surface area contributed by atoms with Crippen LogP contribution in [-0.4, -0.2) is 11.1 Å². The third kappa shape index (κ3) is 1.35. The van der Waals surface area contributed by atoms with E-state index in [9.17, 15) is 4.79 Å². The molecule has 0 radical (unpaired) electrons. The summed E-state index contributed by atoms with van der Waals surface area (Å²) in [4.78, 5) is 10.8. The highest BCUT2D eigenvalue weighted by Crippen LogP contribution is 2.53. The topological polar surface area (TPSA) is 37.3 Å². The molecule has 3 atom stereocenters. The van der Waals surface area contributed by atoms with E-state index in [4.69, 9.17) is 5.11 Å². The fourth-order valence-electron chi connectivity index (χ4n) is 2.71. The van der Waals surface area contributed by atoms with Gasteiger partial charge < -0.3 is 5.11 Å². The van der Waals surface area contributed by atoms with Crippen molar-refractivity contribution in [3.63, 3.8) is 0 Å². The molecule has 12 heavy (non-hydrogen) atoms. The Morgan fingerprint density at radius 1 is 1.00 bits per heavy atom. The van der Waals surface area contributed by atoms with Crippen LogP contribution >= 0.6 is 0 Å². The molecule has 2 fully saturated rings. The monoisotopic (exact) mass is 168 g/mol. The molecule has 0 aliphatic heterocycles. The zero-order valence-electron chi connectivity index (χ0n) is 7.33. The first-order chi connectivity index (χ1) is 5.80. The molecule has 2 heteroatoms. The lowest BCUT2D eigenvalue weighted by molar-refractivity contribution is -0.139. The number of carboxylic acids is 1. The minimum Gasteiger partial charge on any atom is -0.481 e. The van der Waals surface area contributed by atoms with Crippen molar-refractivity contribution < 1.29 is 9.90 Å². The van der Waals surface area contributed by atoms with Crippen LogP contribution in [0.3, 0.4) is 0 Å². The van der Waals surface area contributed by atoms with Crippen molar-refractivity contribution in [2.24, 2.45) is 17.8 Å². The quantitative estimate of drug-likeness (QED) is 0.652. The van der Waals surface area contributed by atoms with E-state index in [0.29, 0.717) is 11.8 Å². The minimum absolute atomic E-state index is 0.0306. The first-order valence-corrected chi connectivity index (χ1v) is 5.03. The van der Waals surface area contributed by atoms with Gasteiger partial charge in [-0.1, -0.05) is 25.7 Å². The summed E-state index contributed by atoms with van der Waals surface area (Å²) < 4.78 is 0. The van der Waals surface area contributed by atoms with Crippen molar-refractivity contribution in [1.82, 2.24) is 0 Å². The van der Waals surface area contributed by atoms with Gasteiger partial charge in [0.2, 0.25) is 0 Å². The molecule has 68 valence electrons. The Balaban J connectivity index is 1.93. The summed E-state index contributed by atoms with van der Waals surface area (Å²) in [5.74, 6) is 0.570. The van der Waals surface area contributed by atoms with Crippen molar-refractivity contribution in [3.8, 4) is 0 Å². The maximum absolute atomic E-state index is 10.8. The predicted molar refractivity (Wildman–Crippen MR) is 45.8 cm³/mol. The van der Waals surface area contributed by atoms with Gasteiger partial charge in [-0.25, -0.2) is 0 Å². The molecular weight excluding hydrogens is 152 g/mol. The van der Waals surface area contributed by atoms with Gasteiger partial charge in [-0.05, 0) is 24.7 Å². The largest absolute Gasteiger partial charge is 0.481 e. The van der Waals surface area contributed by atoms with Crippen LogP contribution in [0, 0.1) is 17.8 Å². The van der Waals surface area contributed by atoms with Crippen LogP contribution in [0.15, 0.2) is 0 Å². The van der Waals surface area contributed by atoms with E-state index in [1.807, 2.05) is 0 Å². The lowest BCUT2D eigenvalue weighted by Crippen LogP contribution is -2.00. The van der Waals surface area contributed by atoms with Crippen LogP contribution in [0.2, 0.25) is 0 Å². The molecule has 1 unspecified atom stereocenters. The number of hydrogen-bond donors (Lipinski definition) is 1. The van der Waals surface area contributed by atoms with Gasteiger partial charge in [-0.3, -0.25) is 4.79 Å². The molecule has 0 bridgehead atoms. The zero-order valence-corrected chi connectivity index (χ0v) is 7.33. The molecule has 2 aliphatic rings. The van der Waals surface area contributed by atoms with E-state index in [1.165, 1.54) is 38.5 Å². The number of rotatable bonds is 1. The fraction of sp³-hybridized carbons (Fsp3) is 0.900. The van der Waals surface area contributed by atoms with Crippen LogP contribution in [0.1, 0.15) is 38.5 Å². The van der Waals surface area contributed by atoms with Crippen molar-refractivity contribution in [3.05, 3.63) is 0 Å². The Hall–Kier alpha value is -0.530. The summed E-state index contributed by atoms with van der Waals surface area (Å²) in [5, 5.41) is 8.87. The van der Waals surface area contributed by atoms with Crippen LogP contribution in [-0.2, 0) is 4.79 Å². The Morgan fingerprint density at radius 3 is 1.92 bits per heavy atom. The summed E-state index contributed by atoms with van der Waals surface area (Å²) in [5.41, 5.74) is 0. The van der Waals surface area contributed by atoms with Gasteiger partial charge in [-0.2, -0.15) is 0 Å². The first kappa shape index (κ1) is 8.09. The Morgan fingerprint density at radius 2 is 1.50 bits per heavy atom. The third-order valence-corrected chi connectivity index (χ3v) is 3.44. The maximum Gasteiger partial charge on any atom is 0.307 e. The molecule has 0 aromatic carbocycles. The molecule has 0 amide bonds. The van der Waals surface area contributed by atoms with E-state index in [0.717, 1.165) is 0 Å². The van der Waals surface area contributed by atoms with Gasteiger partial charge in [0.1, 0.15) is 0 Å².